The second kappa shape index (κ2) is 11.7. The number of rotatable bonds is 7. The average Bonchev–Trinajstić information content (AvgIpc) is 2.84. The van der Waals surface area contributed by atoms with Crippen molar-refractivity contribution in [2.24, 2.45) is 0 Å². The number of halogens is 3. The number of nitrogens with zero attached hydrogens (tertiary/aromatic N) is 1. The summed E-state index contributed by atoms with van der Waals surface area (Å²) < 4.78 is 11.1. The van der Waals surface area contributed by atoms with Gasteiger partial charge in [-0.25, -0.2) is 4.79 Å². The van der Waals surface area contributed by atoms with Gasteiger partial charge in [-0.05, 0) is 81.7 Å². The lowest BCUT2D eigenvalue weighted by Crippen LogP contribution is -2.13. The zero-order chi connectivity index (χ0) is 24.7. The zero-order valence-electron chi connectivity index (χ0n) is 17.8. The number of nitriles is 1. The van der Waals surface area contributed by atoms with Gasteiger partial charge in [-0.2, -0.15) is 5.26 Å². The van der Waals surface area contributed by atoms with Crippen molar-refractivity contribution in [2.45, 2.75) is 6.61 Å². The fraction of sp³-hybridized carbons (Fsp3) is 0.0800. The van der Waals surface area contributed by atoms with Gasteiger partial charge in [0.05, 0.1) is 27.2 Å². The predicted octanol–water partition coefficient (Wildman–Crippen LogP) is 6.67. The molecule has 3 rings (SSSR count). The van der Waals surface area contributed by atoms with Crippen LogP contribution in [0.15, 0.2) is 70.7 Å². The third kappa shape index (κ3) is 6.61. The SMILES string of the molecule is COC(=O)c1ccc(NC(=O)/C(C#N)=C/c2ccc(OCc3ccc(Cl)c(Cl)c3)c(Br)c2)cc1. The third-order valence-electron chi connectivity index (χ3n) is 4.57. The van der Waals surface area contributed by atoms with E-state index < -0.39 is 11.9 Å². The van der Waals surface area contributed by atoms with Gasteiger partial charge in [0, 0.05) is 5.69 Å². The normalized spacial score (nSPS) is 10.9. The number of carbonyl (C=O) groups is 2. The van der Waals surface area contributed by atoms with E-state index in [0.29, 0.717) is 37.1 Å². The molecule has 6 nitrogen and oxygen atoms in total. The summed E-state index contributed by atoms with van der Waals surface area (Å²) >= 11 is 15.4. The molecule has 0 saturated heterocycles. The van der Waals surface area contributed by atoms with Gasteiger partial charge in [-0.15, -0.1) is 0 Å². The van der Waals surface area contributed by atoms with E-state index in [2.05, 4.69) is 26.0 Å². The molecule has 1 N–H and O–H groups in total. The molecule has 3 aromatic rings. The number of esters is 1. The molecule has 0 radical (unpaired) electrons. The first-order chi connectivity index (χ1) is 16.3. The fourth-order valence-corrected chi connectivity index (χ4v) is 3.67. The van der Waals surface area contributed by atoms with Crippen LogP contribution in [-0.2, 0) is 16.1 Å². The van der Waals surface area contributed by atoms with E-state index in [4.69, 9.17) is 27.9 Å². The molecule has 172 valence electrons. The van der Waals surface area contributed by atoms with Crippen molar-refractivity contribution in [1.82, 2.24) is 0 Å². The van der Waals surface area contributed by atoms with Crippen molar-refractivity contribution in [3.05, 3.63) is 97.4 Å². The Labute approximate surface area is 214 Å². The minimum atomic E-state index is -0.579. The Morgan fingerprint density at radius 3 is 2.41 bits per heavy atom. The van der Waals surface area contributed by atoms with Crippen LogP contribution in [0.2, 0.25) is 10.0 Å². The Kier molecular flexibility index (Phi) is 8.72. The van der Waals surface area contributed by atoms with E-state index in [9.17, 15) is 14.9 Å². The molecule has 0 saturated carbocycles. The van der Waals surface area contributed by atoms with Crippen molar-refractivity contribution in [3.8, 4) is 11.8 Å². The number of methoxy groups -OCH3 is 1. The van der Waals surface area contributed by atoms with E-state index in [-0.39, 0.29) is 12.2 Å². The predicted molar refractivity (Wildman–Crippen MR) is 135 cm³/mol. The van der Waals surface area contributed by atoms with Crippen molar-refractivity contribution < 1.29 is 19.1 Å². The highest BCUT2D eigenvalue weighted by molar-refractivity contribution is 9.10. The molecule has 1 amide bonds. The van der Waals surface area contributed by atoms with Crippen LogP contribution in [0.4, 0.5) is 5.69 Å². The van der Waals surface area contributed by atoms with Gasteiger partial charge in [0.25, 0.3) is 5.91 Å². The summed E-state index contributed by atoms with van der Waals surface area (Å²) in [7, 11) is 1.29. The molecule has 0 fully saturated rings. The van der Waals surface area contributed by atoms with Crippen molar-refractivity contribution >= 4 is 62.8 Å². The number of hydrogen-bond acceptors (Lipinski definition) is 5. The van der Waals surface area contributed by atoms with E-state index in [1.54, 1.807) is 42.5 Å². The third-order valence-corrected chi connectivity index (χ3v) is 5.93. The van der Waals surface area contributed by atoms with Crippen LogP contribution < -0.4 is 10.1 Å². The molecule has 34 heavy (non-hydrogen) atoms. The number of carbonyl (C=O) groups excluding carboxylic acids is 2. The molecule has 0 bridgehead atoms. The summed E-state index contributed by atoms with van der Waals surface area (Å²) in [6.07, 6.45) is 1.46. The lowest BCUT2D eigenvalue weighted by atomic mass is 10.1. The molecule has 0 aliphatic heterocycles. The molecule has 0 aliphatic carbocycles. The van der Waals surface area contributed by atoms with E-state index in [1.165, 1.54) is 25.3 Å². The summed E-state index contributed by atoms with van der Waals surface area (Å²) in [6.45, 7) is 0.283. The number of nitrogens with one attached hydrogen (secondary N) is 1. The smallest absolute Gasteiger partial charge is 0.337 e. The van der Waals surface area contributed by atoms with Gasteiger partial charge >= 0.3 is 5.97 Å². The molecule has 0 aliphatic rings. The summed E-state index contributed by atoms with van der Waals surface area (Å²) in [5, 5.41) is 13.0. The highest BCUT2D eigenvalue weighted by atomic mass is 79.9. The Bertz CT molecular complexity index is 1300. The van der Waals surface area contributed by atoms with Crippen LogP contribution in [0.25, 0.3) is 6.08 Å². The maximum atomic E-state index is 12.5. The average molecular weight is 560 g/mol. The number of amides is 1. The minimum Gasteiger partial charge on any atom is -0.488 e. The monoisotopic (exact) mass is 558 g/mol. The summed E-state index contributed by atoms with van der Waals surface area (Å²) in [5.41, 5.74) is 2.18. The van der Waals surface area contributed by atoms with E-state index in [1.807, 2.05) is 12.1 Å². The molecular weight excluding hydrogens is 543 g/mol. The van der Waals surface area contributed by atoms with Crippen molar-refractivity contribution in [2.75, 3.05) is 12.4 Å². The number of ether oxygens (including phenoxy) is 2. The molecule has 0 spiro atoms. The first-order valence-corrected chi connectivity index (χ1v) is 11.3. The molecular formula is C25H17BrCl2N2O4. The first kappa shape index (κ1) is 25.3. The van der Waals surface area contributed by atoms with Gasteiger partial charge in [0.1, 0.15) is 24.0 Å². The lowest BCUT2D eigenvalue weighted by Gasteiger charge is -2.10. The second-order valence-corrected chi connectivity index (χ2v) is 8.59. The van der Waals surface area contributed by atoms with Crippen LogP contribution in [0, 0.1) is 11.3 Å². The topological polar surface area (TPSA) is 88.4 Å². The van der Waals surface area contributed by atoms with Gasteiger partial charge in [0.15, 0.2) is 0 Å². The van der Waals surface area contributed by atoms with Gasteiger partial charge in [0.2, 0.25) is 0 Å². The summed E-state index contributed by atoms with van der Waals surface area (Å²) in [4.78, 5) is 24.0. The molecule has 0 heterocycles. The molecule has 3 aromatic carbocycles. The zero-order valence-corrected chi connectivity index (χ0v) is 20.9. The molecule has 0 unspecified atom stereocenters. The fourth-order valence-electron chi connectivity index (χ4n) is 2.84. The highest BCUT2D eigenvalue weighted by Gasteiger charge is 2.12. The molecule has 9 heteroatoms. The van der Waals surface area contributed by atoms with Crippen LogP contribution in [-0.4, -0.2) is 19.0 Å². The number of benzene rings is 3. The largest absolute Gasteiger partial charge is 0.488 e. The Balaban J connectivity index is 1.68. The van der Waals surface area contributed by atoms with Gasteiger partial charge in [-0.1, -0.05) is 35.3 Å². The van der Waals surface area contributed by atoms with E-state index >= 15 is 0 Å². The van der Waals surface area contributed by atoms with Crippen molar-refractivity contribution in [3.63, 3.8) is 0 Å². The Morgan fingerprint density at radius 1 is 1.06 bits per heavy atom. The highest BCUT2D eigenvalue weighted by Crippen LogP contribution is 2.29. The van der Waals surface area contributed by atoms with E-state index in [0.717, 1.165) is 5.56 Å². The van der Waals surface area contributed by atoms with Crippen LogP contribution >= 0.6 is 39.1 Å². The minimum absolute atomic E-state index is 0.0894. The first-order valence-electron chi connectivity index (χ1n) is 9.78. The van der Waals surface area contributed by atoms with Crippen molar-refractivity contribution in [1.29, 1.82) is 5.26 Å². The van der Waals surface area contributed by atoms with Crippen LogP contribution in [0.1, 0.15) is 21.5 Å². The standard InChI is InChI=1S/C25H17BrCl2N2O4/c1-33-25(32)17-4-6-19(7-5-17)30-24(31)18(13-29)10-15-3-9-23(20(26)11-15)34-14-16-2-8-21(27)22(28)12-16/h2-12H,14H2,1H3,(H,30,31)/b18-10+. The summed E-state index contributed by atoms with van der Waals surface area (Å²) in [5.74, 6) is -0.480. The van der Waals surface area contributed by atoms with Gasteiger partial charge < -0.3 is 14.8 Å². The quantitative estimate of drug-likeness (QED) is 0.198. The van der Waals surface area contributed by atoms with Crippen LogP contribution in [0.5, 0.6) is 5.75 Å². The summed E-state index contributed by atoms with van der Waals surface area (Å²) in [6, 6.07) is 18.5. The Morgan fingerprint density at radius 2 is 1.79 bits per heavy atom. The second-order valence-electron chi connectivity index (χ2n) is 6.92. The number of hydrogen-bond donors (Lipinski definition) is 1. The molecule has 0 atom stereocenters. The maximum Gasteiger partial charge on any atom is 0.337 e. The Hall–Kier alpha value is -3.31. The molecule has 0 aromatic heterocycles. The van der Waals surface area contributed by atoms with Crippen LogP contribution in [0.3, 0.4) is 0 Å². The lowest BCUT2D eigenvalue weighted by molar-refractivity contribution is -0.112. The maximum absolute atomic E-state index is 12.5. The number of anilines is 1. The van der Waals surface area contributed by atoms with Gasteiger partial charge in [-0.3, -0.25) is 4.79 Å².